The molecule has 0 atom stereocenters. The van der Waals surface area contributed by atoms with Crippen LogP contribution in [0.3, 0.4) is 0 Å². The van der Waals surface area contributed by atoms with Gasteiger partial charge in [-0.25, -0.2) is 4.98 Å². The number of rotatable bonds is 6. The molecular weight excluding hydrogens is 262 g/mol. The summed E-state index contributed by atoms with van der Waals surface area (Å²) < 4.78 is 2.03. The standard InChI is InChI=1S/C17H19N3O/c1-2-3-5-10-17(21)19-13-16-18-11-12-20(16)14-15-8-6-4-7-9-15/h2-12H,13-14H2,1H3,(H,19,21)/b3-2+,10-5+. The number of amides is 1. The predicted octanol–water partition coefficient (Wildman–Crippen LogP) is 2.68. The first kappa shape index (κ1) is 14.8. The van der Waals surface area contributed by atoms with E-state index in [9.17, 15) is 4.79 Å². The third kappa shape index (κ3) is 4.76. The molecule has 108 valence electrons. The third-order valence-corrected chi connectivity index (χ3v) is 2.97. The highest BCUT2D eigenvalue weighted by Crippen LogP contribution is 2.05. The molecule has 1 aromatic heterocycles. The number of allylic oxidation sites excluding steroid dienone is 3. The maximum absolute atomic E-state index is 11.6. The van der Waals surface area contributed by atoms with E-state index < -0.39 is 0 Å². The Hall–Kier alpha value is -2.62. The third-order valence-electron chi connectivity index (χ3n) is 2.97. The van der Waals surface area contributed by atoms with Gasteiger partial charge in [-0.1, -0.05) is 48.6 Å². The molecule has 0 spiro atoms. The number of carbonyl (C=O) groups excluding carboxylic acids is 1. The van der Waals surface area contributed by atoms with E-state index in [4.69, 9.17) is 0 Å². The summed E-state index contributed by atoms with van der Waals surface area (Å²) >= 11 is 0. The molecular formula is C17H19N3O. The van der Waals surface area contributed by atoms with Crippen molar-refractivity contribution >= 4 is 5.91 Å². The Balaban J connectivity index is 1.93. The fraction of sp³-hybridized carbons (Fsp3) is 0.176. The maximum atomic E-state index is 11.6. The summed E-state index contributed by atoms with van der Waals surface area (Å²) in [5.74, 6) is 0.717. The van der Waals surface area contributed by atoms with E-state index in [1.807, 2.05) is 48.0 Å². The molecule has 2 rings (SSSR count). The molecule has 0 bridgehead atoms. The number of benzene rings is 1. The molecule has 21 heavy (non-hydrogen) atoms. The van der Waals surface area contributed by atoms with Crippen LogP contribution in [0.2, 0.25) is 0 Å². The first-order valence-electron chi connectivity index (χ1n) is 6.90. The van der Waals surface area contributed by atoms with Gasteiger partial charge in [-0.15, -0.1) is 0 Å². The van der Waals surface area contributed by atoms with Gasteiger partial charge >= 0.3 is 0 Å². The highest BCUT2D eigenvalue weighted by Gasteiger charge is 2.04. The Morgan fingerprint density at radius 1 is 1.29 bits per heavy atom. The zero-order chi connectivity index (χ0) is 14.9. The van der Waals surface area contributed by atoms with Crippen molar-refractivity contribution in [3.63, 3.8) is 0 Å². The first-order chi connectivity index (χ1) is 10.3. The lowest BCUT2D eigenvalue weighted by molar-refractivity contribution is -0.116. The van der Waals surface area contributed by atoms with Crippen LogP contribution < -0.4 is 5.32 Å². The van der Waals surface area contributed by atoms with Crippen LogP contribution in [0.1, 0.15) is 18.3 Å². The van der Waals surface area contributed by atoms with E-state index in [2.05, 4.69) is 22.4 Å². The highest BCUT2D eigenvalue weighted by molar-refractivity contribution is 5.87. The topological polar surface area (TPSA) is 46.9 Å². The van der Waals surface area contributed by atoms with Crippen LogP contribution in [0.15, 0.2) is 67.0 Å². The van der Waals surface area contributed by atoms with Crippen molar-refractivity contribution in [1.29, 1.82) is 0 Å². The van der Waals surface area contributed by atoms with Gasteiger partial charge in [0.1, 0.15) is 5.82 Å². The monoisotopic (exact) mass is 281 g/mol. The summed E-state index contributed by atoms with van der Waals surface area (Å²) in [5.41, 5.74) is 1.20. The van der Waals surface area contributed by atoms with Gasteiger partial charge < -0.3 is 9.88 Å². The molecule has 4 heteroatoms. The van der Waals surface area contributed by atoms with E-state index >= 15 is 0 Å². The van der Waals surface area contributed by atoms with Gasteiger partial charge in [-0.05, 0) is 12.5 Å². The molecule has 0 aliphatic heterocycles. The molecule has 0 saturated heterocycles. The Morgan fingerprint density at radius 3 is 2.86 bits per heavy atom. The van der Waals surface area contributed by atoms with Crippen LogP contribution in [-0.4, -0.2) is 15.5 Å². The van der Waals surface area contributed by atoms with Crippen LogP contribution in [0.25, 0.3) is 0 Å². The first-order valence-corrected chi connectivity index (χ1v) is 6.90. The molecule has 0 unspecified atom stereocenters. The molecule has 0 radical (unpaired) electrons. The second kappa shape index (κ2) is 7.85. The molecule has 1 amide bonds. The van der Waals surface area contributed by atoms with Gasteiger partial charge in [0.2, 0.25) is 5.91 Å². The van der Waals surface area contributed by atoms with Crippen LogP contribution >= 0.6 is 0 Å². The van der Waals surface area contributed by atoms with Gasteiger partial charge in [0.15, 0.2) is 0 Å². The fourth-order valence-corrected chi connectivity index (χ4v) is 1.91. The van der Waals surface area contributed by atoms with E-state index in [0.29, 0.717) is 6.54 Å². The summed E-state index contributed by atoms with van der Waals surface area (Å²) in [4.78, 5) is 15.9. The molecule has 0 aliphatic carbocycles. The summed E-state index contributed by atoms with van der Waals surface area (Å²) in [6.45, 7) is 3.07. The van der Waals surface area contributed by atoms with Gasteiger partial charge in [0, 0.05) is 25.0 Å². The summed E-state index contributed by atoms with van der Waals surface area (Å²) in [7, 11) is 0. The number of hydrogen-bond acceptors (Lipinski definition) is 2. The fourth-order valence-electron chi connectivity index (χ4n) is 1.91. The van der Waals surface area contributed by atoms with Gasteiger partial charge in [-0.3, -0.25) is 4.79 Å². The summed E-state index contributed by atoms with van der Waals surface area (Å²) in [6, 6.07) is 10.2. The Bertz CT molecular complexity index is 626. The lowest BCUT2D eigenvalue weighted by atomic mass is 10.2. The summed E-state index contributed by atoms with van der Waals surface area (Å²) in [5, 5.41) is 2.83. The smallest absolute Gasteiger partial charge is 0.244 e. The molecule has 1 N–H and O–H groups in total. The maximum Gasteiger partial charge on any atom is 0.244 e. The second-order valence-corrected chi connectivity index (χ2v) is 4.56. The van der Waals surface area contributed by atoms with Gasteiger partial charge in [0.05, 0.1) is 6.54 Å². The minimum Gasteiger partial charge on any atom is -0.345 e. The lowest BCUT2D eigenvalue weighted by Gasteiger charge is -2.08. The van der Waals surface area contributed by atoms with Crippen molar-refractivity contribution in [3.8, 4) is 0 Å². The van der Waals surface area contributed by atoms with Crippen LogP contribution in [0.4, 0.5) is 0 Å². The van der Waals surface area contributed by atoms with E-state index in [1.54, 1.807) is 12.3 Å². The molecule has 0 fully saturated rings. The largest absolute Gasteiger partial charge is 0.345 e. The van der Waals surface area contributed by atoms with E-state index in [0.717, 1.165) is 12.4 Å². The number of imidazole rings is 1. The predicted molar refractivity (Wildman–Crippen MR) is 83.6 cm³/mol. The zero-order valence-electron chi connectivity index (χ0n) is 12.1. The molecule has 4 nitrogen and oxygen atoms in total. The van der Waals surface area contributed by atoms with Crippen molar-refractivity contribution in [3.05, 3.63) is 78.4 Å². The Morgan fingerprint density at radius 2 is 2.10 bits per heavy atom. The SMILES string of the molecule is C/C=C/C=C/C(=O)NCc1nccn1Cc1ccccc1. The average Bonchev–Trinajstić information content (AvgIpc) is 2.94. The van der Waals surface area contributed by atoms with E-state index in [1.165, 1.54) is 11.6 Å². The number of carbonyl (C=O) groups is 1. The number of aromatic nitrogens is 2. The minimum atomic E-state index is -0.123. The van der Waals surface area contributed by atoms with E-state index in [-0.39, 0.29) is 5.91 Å². The van der Waals surface area contributed by atoms with Crippen molar-refractivity contribution in [2.75, 3.05) is 0 Å². The number of hydrogen-bond donors (Lipinski definition) is 1. The minimum absolute atomic E-state index is 0.123. The van der Waals surface area contributed by atoms with Gasteiger partial charge in [-0.2, -0.15) is 0 Å². The molecule has 1 heterocycles. The quantitative estimate of drug-likeness (QED) is 0.653. The molecule has 0 aliphatic rings. The summed E-state index contributed by atoms with van der Waals surface area (Å²) in [6.07, 6.45) is 10.6. The Kier molecular flexibility index (Phi) is 5.52. The van der Waals surface area contributed by atoms with Crippen molar-refractivity contribution < 1.29 is 4.79 Å². The van der Waals surface area contributed by atoms with Crippen LogP contribution in [0, 0.1) is 0 Å². The molecule has 0 saturated carbocycles. The van der Waals surface area contributed by atoms with Crippen LogP contribution in [-0.2, 0) is 17.9 Å². The number of nitrogens with one attached hydrogen (secondary N) is 1. The molecule has 2 aromatic rings. The zero-order valence-corrected chi connectivity index (χ0v) is 12.1. The Labute approximate surface area is 124 Å². The second-order valence-electron chi connectivity index (χ2n) is 4.56. The molecule has 1 aromatic carbocycles. The normalized spacial score (nSPS) is 11.3. The van der Waals surface area contributed by atoms with Crippen molar-refractivity contribution in [1.82, 2.24) is 14.9 Å². The lowest BCUT2D eigenvalue weighted by Crippen LogP contribution is -2.22. The van der Waals surface area contributed by atoms with Crippen LogP contribution in [0.5, 0.6) is 0 Å². The number of nitrogens with zero attached hydrogens (tertiary/aromatic N) is 2. The average molecular weight is 281 g/mol. The van der Waals surface area contributed by atoms with Gasteiger partial charge in [0.25, 0.3) is 0 Å². The van der Waals surface area contributed by atoms with Crippen molar-refractivity contribution in [2.24, 2.45) is 0 Å². The highest BCUT2D eigenvalue weighted by atomic mass is 16.1. The van der Waals surface area contributed by atoms with Crippen molar-refractivity contribution in [2.45, 2.75) is 20.0 Å².